The molecule has 2 aromatic heterocycles. The lowest BCUT2D eigenvalue weighted by Crippen LogP contribution is -2.19. The first-order valence-electron chi connectivity index (χ1n) is 4.54. The van der Waals surface area contributed by atoms with Crippen LogP contribution in [0.25, 0.3) is 10.1 Å². The number of hydrogen-bond donors (Lipinski definition) is 2. The molecule has 2 rings (SSSR count). The molecule has 2 aromatic rings. The molecule has 0 radical (unpaired) electrons. The van der Waals surface area contributed by atoms with Crippen molar-refractivity contribution in [1.29, 1.82) is 0 Å². The van der Waals surface area contributed by atoms with Crippen molar-refractivity contribution in [1.82, 2.24) is 10.3 Å². The van der Waals surface area contributed by atoms with Gasteiger partial charge in [0.15, 0.2) is 0 Å². The van der Waals surface area contributed by atoms with Gasteiger partial charge in [-0.05, 0) is 6.07 Å². The van der Waals surface area contributed by atoms with Crippen LogP contribution in [-0.4, -0.2) is 17.9 Å². The Morgan fingerprint density at radius 3 is 3.13 bits per heavy atom. The van der Waals surface area contributed by atoms with Crippen molar-refractivity contribution in [3.05, 3.63) is 23.3 Å². The zero-order chi connectivity index (χ0) is 10.8. The van der Waals surface area contributed by atoms with E-state index in [-0.39, 0.29) is 5.91 Å². The summed E-state index contributed by atoms with van der Waals surface area (Å²) in [6.07, 6.45) is 3.81. The lowest BCUT2D eigenvalue weighted by atomic mass is 10.2. The largest absolute Gasteiger partial charge is 0.397 e. The van der Waals surface area contributed by atoms with Crippen molar-refractivity contribution in [3.8, 4) is 0 Å². The molecule has 0 bridgehead atoms. The van der Waals surface area contributed by atoms with E-state index >= 15 is 0 Å². The highest BCUT2D eigenvalue weighted by molar-refractivity contribution is 7.19. The van der Waals surface area contributed by atoms with Crippen LogP contribution < -0.4 is 11.1 Å². The fourth-order valence-corrected chi connectivity index (χ4v) is 2.48. The number of nitrogen functional groups attached to an aromatic ring is 1. The van der Waals surface area contributed by atoms with Gasteiger partial charge in [0, 0.05) is 29.7 Å². The molecule has 0 aliphatic rings. The molecule has 0 unspecified atom stereocenters. The molecular weight excluding hydrogens is 210 g/mol. The summed E-state index contributed by atoms with van der Waals surface area (Å²) >= 11 is 1.52. The number of carbonyl (C=O) groups is 1. The van der Waals surface area contributed by atoms with Crippen molar-refractivity contribution in [3.63, 3.8) is 0 Å². The number of thiophene rings is 1. The Morgan fingerprint density at radius 2 is 2.47 bits per heavy atom. The van der Waals surface area contributed by atoms with Crippen LogP contribution in [0, 0.1) is 0 Å². The average molecular weight is 221 g/mol. The highest BCUT2D eigenvalue weighted by atomic mass is 32.1. The predicted octanol–water partition coefficient (Wildman–Crippen LogP) is 1.17. The summed E-state index contributed by atoms with van der Waals surface area (Å²) in [6, 6.07) is 1.87. The Balaban J connectivity index is 2.44. The van der Waals surface area contributed by atoms with Gasteiger partial charge in [-0.25, -0.2) is 0 Å². The maximum absolute atomic E-state index is 11.2. The van der Waals surface area contributed by atoms with Crippen LogP contribution in [0.4, 0.5) is 5.69 Å². The van der Waals surface area contributed by atoms with E-state index in [9.17, 15) is 4.79 Å². The molecule has 0 aliphatic heterocycles. The lowest BCUT2D eigenvalue weighted by molar-refractivity contribution is -0.119. The highest BCUT2D eigenvalue weighted by Crippen LogP contribution is 2.32. The number of pyridine rings is 1. The molecule has 4 nitrogen and oxygen atoms in total. The molecule has 0 saturated carbocycles. The number of nitrogens with one attached hydrogen (secondary N) is 1. The molecular formula is C10H11N3OS. The van der Waals surface area contributed by atoms with E-state index < -0.39 is 0 Å². The van der Waals surface area contributed by atoms with Gasteiger partial charge < -0.3 is 11.1 Å². The first kappa shape index (κ1) is 9.92. The quantitative estimate of drug-likeness (QED) is 0.799. The summed E-state index contributed by atoms with van der Waals surface area (Å²) in [4.78, 5) is 16.2. The molecule has 0 fully saturated rings. The van der Waals surface area contributed by atoms with Crippen LogP contribution in [0.2, 0.25) is 0 Å². The maximum Gasteiger partial charge on any atom is 0.225 e. The number of nitrogens with zero attached hydrogens (tertiary/aromatic N) is 1. The Hall–Kier alpha value is -1.62. The summed E-state index contributed by atoms with van der Waals surface area (Å²) in [5, 5.41) is 3.56. The molecule has 0 aliphatic carbocycles. The van der Waals surface area contributed by atoms with Gasteiger partial charge in [0.1, 0.15) is 0 Å². The molecule has 2 heterocycles. The molecule has 0 aromatic carbocycles. The molecule has 15 heavy (non-hydrogen) atoms. The first-order valence-corrected chi connectivity index (χ1v) is 5.35. The van der Waals surface area contributed by atoms with Gasteiger partial charge >= 0.3 is 0 Å². The number of fused-ring (bicyclic) bond motifs is 1. The molecule has 1 amide bonds. The van der Waals surface area contributed by atoms with E-state index in [0.717, 1.165) is 15.0 Å². The van der Waals surface area contributed by atoms with Crippen LogP contribution in [0.15, 0.2) is 18.5 Å². The zero-order valence-electron chi connectivity index (χ0n) is 8.28. The number of amides is 1. The van der Waals surface area contributed by atoms with Crippen LogP contribution in [0.1, 0.15) is 4.88 Å². The van der Waals surface area contributed by atoms with Gasteiger partial charge in [-0.15, -0.1) is 11.3 Å². The SMILES string of the molecule is CNC(=O)Cc1sc2cnccc2c1N. The summed E-state index contributed by atoms with van der Waals surface area (Å²) in [7, 11) is 1.62. The summed E-state index contributed by atoms with van der Waals surface area (Å²) in [6.45, 7) is 0. The zero-order valence-corrected chi connectivity index (χ0v) is 9.10. The summed E-state index contributed by atoms with van der Waals surface area (Å²) in [5.74, 6) is -0.0267. The third kappa shape index (κ3) is 1.78. The Morgan fingerprint density at radius 1 is 1.67 bits per heavy atom. The number of hydrogen-bond acceptors (Lipinski definition) is 4. The van der Waals surface area contributed by atoms with Gasteiger partial charge in [-0.1, -0.05) is 0 Å². The van der Waals surface area contributed by atoms with Crippen LogP contribution in [0.5, 0.6) is 0 Å². The standard InChI is InChI=1S/C10H11N3OS/c1-12-9(14)4-7-10(11)6-2-3-13-5-8(6)15-7/h2-3,5H,4,11H2,1H3,(H,12,14). The highest BCUT2D eigenvalue weighted by Gasteiger charge is 2.11. The number of nitrogens with two attached hydrogens (primary N) is 1. The van der Waals surface area contributed by atoms with Crippen LogP contribution in [-0.2, 0) is 11.2 Å². The van der Waals surface area contributed by atoms with Crippen LogP contribution in [0.3, 0.4) is 0 Å². The Bertz CT molecular complexity index is 506. The minimum absolute atomic E-state index is 0.0267. The van der Waals surface area contributed by atoms with E-state index in [1.807, 2.05) is 6.07 Å². The minimum atomic E-state index is -0.0267. The number of likely N-dealkylation sites (N-methyl/N-ethyl adjacent to an activating group) is 1. The fraction of sp³-hybridized carbons (Fsp3) is 0.200. The molecule has 0 saturated heterocycles. The van der Waals surface area contributed by atoms with Crippen LogP contribution >= 0.6 is 11.3 Å². The lowest BCUT2D eigenvalue weighted by Gasteiger charge is -1.97. The normalized spacial score (nSPS) is 10.5. The monoisotopic (exact) mass is 221 g/mol. The predicted molar refractivity (Wildman–Crippen MR) is 61.8 cm³/mol. The van der Waals surface area contributed by atoms with Gasteiger partial charge in [0.2, 0.25) is 5.91 Å². The third-order valence-corrected chi connectivity index (χ3v) is 3.36. The van der Waals surface area contributed by atoms with Crippen molar-refractivity contribution in [2.24, 2.45) is 0 Å². The van der Waals surface area contributed by atoms with Gasteiger partial charge in [0.25, 0.3) is 0 Å². The van der Waals surface area contributed by atoms with Gasteiger partial charge in [-0.3, -0.25) is 9.78 Å². The summed E-state index contributed by atoms with van der Waals surface area (Å²) < 4.78 is 1.02. The Labute approximate surface area is 91.1 Å². The second-order valence-corrected chi connectivity index (χ2v) is 4.30. The van der Waals surface area contributed by atoms with Crippen molar-refractivity contribution in [2.45, 2.75) is 6.42 Å². The van der Waals surface area contributed by atoms with Crippen molar-refractivity contribution in [2.75, 3.05) is 12.8 Å². The fourth-order valence-electron chi connectivity index (χ4n) is 1.39. The second kappa shape index (κ2) is 3.86. The van der Waals surface area contributed by atoms with Gasteiger partial charge in [-0.2, -0.15) is 0 Å². The second-order valence-electron chi connectivity index (χ2n) is 3.16. The van der Waals surface area contributed by atoms with E-state index in [0.29, 0.717) is 12.1 Å². The molecule has 78 valence electrons. The average Bonchev–Trinajstić information content (AvgIpc) is 2.57. The summed E-state index contributed by atoms with van der Waals surface area (Å²) in [5.41, 5.74) is 6.64. The Kier molecular flexibility index (Phi) is 2.55. The van der Waals surface area contributed by atoms with Gasteiger partial charge in [0.05, 0.1) is 16.8 Å². The molecule has 3 N–H and O–H groups in total. The maximum atomic E-state index is 11.2. The minimum Gasteiger partial charge on any atom is -0.397 e. The van der Waals surface area contributed by atoms with E-state index in [1.54, 1.807) is 19.4 Å². The van der Waals surface area contributed by atoms with Crippen molar-refractivity contribution >= 4 is 33.0 Å². The van der Waals surface area contributed by atoms with E-state index in [1.165, 1.54) is 11.3 Å². The smallest absolute Gasteiger partial charge is 0.225 e. The number of rotatable bonds is 2. The number of carbonyl (C=O) groups excluding carboxylic acids is 1. The topological polar surface area (TPSA) is 68.0 Å². The molecule has 5 heteroatoms. The molecule has 0 spiro atoms. The number of aromatic nitrogens is 1. The number of anilines is 1. The van der Waals surface area contributed by atoms with Crippen molar-refractivity contribution < 1.29 is 4.79 Å². The first-order chi connectivity index (χ1) is 7.22. The van der Waals surface area contributed by atoms with E-state index in [2.05, 4.69) is 10.3 Å². The van der Waals surface area contributed by atoms with E-state index in [4.69, 9.17) is 5.73 Å². The molecule has 0 atom stereocenters. The third-order valence-electron chi connectivity index (χ3n) is 2.21.